The van der Waals surface area contributed by atoms with Gasteiger partial charge in [-0.2, -0.15) is 15.4 Å². The average Bonchev–Trinajstić information content (AvgIpc) is 2.65. The highest BCUT2D eigenvalue weighted by Crippen LogP contribution is 2.26. The van der Waals surface area contributed by atoms with Crippen LogP contribution in [0.3, 0.4) is 0 Å². The number of H-pyrrole nitrogens is 1. The number of benzene rings is 1. The largest absolute Gasteiger partial charge is 0.256 e. The van der Waals surface area contributed by atoms with Gasteiger partial charge in [0.1, 0.15) is 11.0 Å². The van der Waals surface area contributed by atoms with Crippen LogP contribution in [0.25, 0.3) is 21.9 Å². The van der Waals surface area contributed by atoms with Crippen LogP contribution in [0, 0.1) is 0 Å². The molecule has 68 valence electrons. The van der Waals surface area contributed by atoms with E-state index in [0.29, 0.717) is 5.02 Å². The van der Waals surface area contributed by atoms with Gasteiger partial charge in [-0.15, -0.1) is 0 Å². The van der Waals surface area contributed by atoms with Crippen LogP contribution in [0.2, 0.25) is 5.02 Å². The Kier molecular flexibility index (Phi) is 1.46. The lowest BCUT2D eigenvalue weighted by atomic mass is 10.2. The number of hydrogen-bond acceptors (Lipinski definition) is 3. The van der Waals surface area contributed by atoms with E-state index in [0.717, 1.165) is 21.9 Å². The number of aromatic amines is 1. The number of hydrogen-bond donors (Lipinski definition) is 1. The highest BCUT2D eigenvalue weighted by Gasteiger charge is 2.07. The van der Waals surface area contributed by atoms with Crippen LogP contribution in [0.4, 0.5) is 0 Å². The maximum atomic E-state index is 6.07. The number of pyridine rings is 1. The Hall–Kier alpha value is -1.68. The number of rotatable bonds is 0. The van der Waals surface area contributed by atoms with Gasteiger partial charge in [0.2, 0.25) is 0 Å². The molecule has 1 N–H and O–H groups in total. The quantitative estimate of drug-likeness (QED) is 0.611. The summed E-state index contributed by atoms with van der Waals surface area (Å²) >= 11 is 6.07. The van der Waals surface area contributed by atoms with Crippen molar-refractivity contribution in [3.05, 3.63) is 29.4 Å². The lowest BCUT2D eigenvalue weighted by molar-refractivity contribution is 0.960. The van der Waals surface area contributed by atoms with Gasteiger partial charge in [0.05, 0.1) is 10.5 Å². The van der Waals surface area contributed by atoms with Crippen LogP contribution >= 0.6 is 11.6 Å². The summed E-state index contributed by atoms with van der Waals surface area (Å²) in [6, 6.07) is 5.49. The molecule has 2 heterocycles. The minimum absolute atomic E-state index is 0.648. The van der Waals surface area contributed by atoms with Gasteiger partial charge in [-0.3, -0.25) is 4.98 Å². The molecule has 3 aromatic rings. The summed E-state index contributed by atoms with van der Waals surface area (Å²) in [6.07, 6.45) is 1.68. The van der Waals surface area contributed by atoms with Gasteiger partial charge in [-0.25, -0.2) is 0 Å². The van der Waals surface area contributed by atoms with Crippen LogP contribution in [0.15, 0.2) is 24.4 Å². The minimum Gasteiger partial charge on any atom is -0.256 e. The number of nitrogens with zero attached hydrogens (tertiary/aromatic N) is 3. The van der Waals surface area contributed by atoms with Crippen LogP contribution in [0.5, 0.6) is 0 Å². The fraction of sp³-hybridized carbons (Fsp3) is 0. The molecule has 0 saturated carbocycles. The molecule has 0 radical (unpaired) electrons. The minimum atomic E-state index is 0.648. The van der Waals surface area contributed by atoms with E-state index in [4.69, 9.17) is 11.6 Å². The maximum absolute atomic E-state index is 6.07. The molecular formula is C9H5ClN4. The molecule has 3 rings (SSSR count). The first-order chi connectivity index (χ1) is 6.86. The van der Waals surface area contributed by atoms with E-state index in [2.05, 4.69) is 20.4 Å². The third-order valence-electron chi connectivity index (χ3n) is 2.14. The van der Waals surface area contributed by atoms with E-state index < -0.39 is 0 Å². The van der Waals surface area contributed by atoms with Crippen LogP contribution < -0.4 is 0 Å². The summed E-state index contributed by atoms with van der Waals surface area (Å²) in [6.45, 7) is 0. The van der Waals surface area contributed by atoms with Gasteiger partial charge in [-0.1, -0.05) is 11.6 Å². The first-order valence-corrected chi connectivity index (χ1v) is 4.48. The molecule has 0 aliphatic carbocycles. The molecule has 0 atom stereocenters. The molecule has 0 fully saturated rings. The van der Waals surface area contributed by atoms with Crippen molar-refractivity contribution in [2.75, 3.05) is 0 Å². The molecule has 0 saturated heterocycles. The van der Waals surface area contributed by atoms with Crippen LogP contribution in [-0.2, 0) is 0 Å². The molecule has 4 nitrogen and oxygen atoms in total. The molecule has 0 aliphatic rings. The standard InChI is InChI=1S/C9H5ClN4/c10-5-3-4-11-6-1-2-7-9(8(5)6)13-14-12-7/h1-4H,(H,12,13,14). The predicted octanol–water partition coefficient (Wildman–Crippen LogP) is 2.16. The second-order valence-electron chi connectivity index (χ2n) is 2.94. The second-order valence-corrected chi connectivity index (χ2v) is 3.35. The first kappa shape index (κ1) is 7.70. The van der Waals surface area contributed by atoms with Gasteiger partial charge < -0.3 is 0 Å². The zero-order valence-electron chi connectivity index (χ0n) is 7.03. The second kappa shape index (κ2) is 2.65. The Morgan fingerprint density at radius 1 is 1.07 bits per heavy atom. The van der Waals surface area contributed by atoms with Gasteiger partial charge >= 0.3 is 0 Å². The normalized spacial score (nSPS) is 11.2. The van der Waals surface area contributed by atoms with E-state index in [-0.39, 0.29) is 0 Å². The number of nitrogens with one attached hydrogen (secondary N) is 1. The Morgan fingerprint density at radius 3 is 2.86 bits per heavy atom. The Labute approximate surface area is 83.9 Å². The molecular weight excluding hydrogens is 200 g/mol. The van der Waals surface area contributed by atoms with E-state index >= 15 is 0 Å². The van der Waals surface area contributed by atoms with Crippen molar-refractivity contribution in [3.63, 3.8) is 0 Å². The molecule has 0 bridgehead atoms. The molecule has 14 heavy (non-hydrogen) atoms. The molecule has 5 heteroatoms. The Bertz CT molecular complexity index is 616. The molecule has 0 unspecified atom stereocenters. The van der Waals surface area contributed by atoms with Crippen molar-refractivity contribution >= 4 is 33.5 Å². The van der Waals surface area contributed by atoms with Crippen molar-refractivity contribution in [2.45, 2.75) is 0 Å². The lowest BCUT2D eigenvalue weighted by Gasteiger charge is -1.98. The number of aromatic nitrogens is 4. The maximum Gasteiger partial charge on any atom is 0.123 e. The third-order valence-corrected chi connectivity index (χ3v) is 2.46. The van der Waals surface area contributed by atoms with Crippen LogP contribution in [0.1, 0.15) is 0 Å². The molecule has 1 aromatic carbocycles. The predicted molar refractivity (Wildman–Crippen MR) is 54.2 cm³/mol. The number of halogens is 1. The fourth-order valence-electron chi connectivity index (χ4n) is 1.51. The van der Waals surface area contributed by atoms with Gasteiger partial charge in [0.15, 0.2) is 0 Å². The zero-order chi connectivity index (χ0) is 9.54. The van der Waals surface area contributed by atoms with Crippen molar-refractivity contribution in [3.8, 4) is 0 Å². The smallest absolute Gasteiger partial charge is 0.123 e. The van der Waals surface area contributed by atoms with E-state index in [1.807, 2.05) is 12.1 Å². The Balaban J connectivity index is 2.67. The van der Waals surface area contributed by atoms with Gasteiger partial charge in [-0.05, 0) is 18.2 Å². The van der Waals surface area contributed by atoms with Crippen molar-refractivity contribution in [2.24, 2.45) is 0 Å². The van der Waals surface area contributed by atoms with Crippen molar-refractivity contribution in [1.29, 1.82) is 0 Å². The van der Waals surface area contributed by atoms with E-state index in [1.54, 1.807) is 12.3 Å². The van der Waals surface area contributed by atoms with E-state index in [9.17, 15) is 0 Å². The summed E-state index contributed by atoms with van der Waals surface area (Å²) in [5.74, 6) is 0. The fourth-order valence-corrected chi connectivity index (χ4v) is 1.75. The molecule has 0 amide bonds. The molecule has 0 spiro atoms. The summed E-state index contributed by atoms with van der Waals surface area (Å²) < 4.78 is 0. The Morgan fingerprint density at radius 2 is 1.93 bits per heavy atom. The lowest BCUT2D eigenvalue weighted by Crippen LogP contribution is -1.81. The van der Waals surface area contributed by atoms with Gasteiger partial charge in [0, 0.05) is 11.6 Å². The average molecular weight is 205 g/mol. The molecule has 2 aromatic heterocycles. The third kappa shape index (κ3) is 0.914. The summed E-state index contributed by atoms with van der Waals surface area (Å²) in [5, 5.41) is 12.1. The monoisotopic (exact) mass is 204 g/mol. The van der Waals surface area contributed by atoms with Crippen LogP contribution in [-0.4, -0.2) is 20.4 Å². The highest BCUT2D eigenvalue weighted by molar-refractivity contribution is 6.37. The SMILES string of the molecule is Clc1ccnc2ccc3n[nH]nc3c12. The number of fused-ring (bicyclic) bond motifs is 3. The zero-order valence-corrected chi connectivity index (χ0v) is 7.78. The summed E-state index contributed by atoms with van der Waals surface area (Å²) in [7, 11) is 0. The topological polar surface area (TPSA) is 54.5 Å². The van der Waals surface area contributed by atoms with Crippen molar-refractivity contribution < 1.29 is 0 Å². The van der Waals surface area contributed by atoms with Gasteiger partial charge in [0.25, 0.3) is 0 Å². The van der Waals surface area contributed by atoms with E-state index in [1.165, 1.54) is 0 Å². The first-order valence-electron chi connectivity index (χ1n) is 4.10. The highest BCUT2D eigenvalue weighted by atomic mass is 35.5. The summed E-state index contributed by atoms with van der Waals surface area (Å²) in [4.78, 5) is 4.21. The molecule has 0 aliphatic heterocycles. The summed E-state index contributed by atoms with van der Waals surface area (Å²) in [5.41, 5.74) is 2.40. The van der Waals surface area contributed by atoms with Crippen molar-refractivity contribution in [1.82, 2.24) is 20.4 Å².